The van der Waals surface area contributed by atoms with Crippen molar-refractivity contribution in [1.29, 1.82) is 0 Å². The SMILES string of the molecule is Clc1nc(-c2cccc(-c3cccc4oc5ccccc5c34)c2)nc(-c2ccc3ccc4ccccc4c3c2)n1. The maximum absolute atomic E-state index is 6.47. The molecule has 0 saturated carbocycles. The Morgan fingerprint density at radius 2 is 1.12 bits per heavy atom. The number of para-hydroxylation sites is 1. The molecule has 2 aromatic heterocycles. The first kappa shape index (κ1) is 22.9. The Kier molecular flexibility index (Phi) is 5.15. The summed E-state index contributed by atoms with van der Waals surface area (Å²) in [5, 5.41) is 7.04. The number of halogens is 1. The molecule has 8 aromatic rings. The molecule has 0 aliphatic heterocycles. The highest BCUT2D eigenvalue weighted by Crippen LogP contribution is 2.37. The Bertz CT molecular complexity index is 2250. The van der Waals surface area contributed by atoms with Crippen LogP contribution < -0.4 is 0 Å². The highest BCUT2D eigenvalue weighted by Gasteiger charge is 2.15. The van der Waals surface area contributed by atoms with Crippen molar-refractivity contribution in [3.8, 4) is 33.9 Å². The van der Waals surface area contributed by atoms with Gasteiger partial charge in [-0.2, -0.15) is 9.97 Å². The summed E-state index contributed by atoms with van der Waals surface area (Å²) in [4.78, 5) is 13.9. The van der Waals surface area contributed by atoms with Gasteiger partial charge in [0.25, 0.3) is 0 Å². The van der Waals surface area contributed by atoms with E-state index >= 15 is 0 Å². The number of furan rings is 1. The third-order valence-electron chi connectivity index (χ3n) is 7.45. The van der Waals surface area contributed by atoms with E-state index in [9.17, 15) is 0 Å². The van der Waals surface area contributed by atoms with E-state index in [0.29, 0.717) is 11.6 Å². The number of hydrogen-bond acceptors (Lipinski definition) is 4. The van der Waals surface area contributed by atoms with Gasteiger partial charge in [-0.3, -0.25) is 0 Å². The molecule has 8 rings (SSSR count). The predicted octanol–water partition coefficient (Wildman–Crippen LogP) is 9.73. The van der Waals surface area contributed by atoms with Gasteiger partial charge in [0.1, 0.15) is 11.2 Å². The van der Waals surface area contributed by atoms with Crippen LogP contribution in [0.3, 0.4) is 0 Å². The van der Waals surface area contributed by atoms with Gasteiger partial charge in [-0.05, 0) is 68.5 Å². The van der Waals surface area contributed by atoms with Crippen molar-refractivity contribution in [2.24, 2.45) is 0 Å². The third-order valence-corrected chi connectivity index (χ3v) is 7.62. The second kappa shape index (κ2) is 9.01. The van der Waals surface area contributed by atoms with Gasteiger partial charge in [0, 0.05) is 21.9 Å². The first-order valence-electron chi connectivity index (χ1n) is 13.1. The van der Waals surface area contributed by atoms with Crippen LogP contribution in [0.4, 0.5) is 0 Å². The standard InChI is InChI=1S/C35H20ClN3O/c36-35-38-33(37-34(39-35)25-18-17-22-16-15-21-7-1-2-10-26(21)29(22)20-25)24-9-5-8-23(19-24)27-12-6-14-31-32(27)28-11-3-4-13-30(28)40-31/h1-20H. The number of benzene rings is 6. The molecule has 0 amide bonds. The van der Waals surface area contributed by atoms with Gasteiger partial charge in [-0.25, -0.2) is 4.98 Å². The summed E-state index contributed by atoms with van der Waals surface area (Å²) in [7, 11) is 0. The highest BCUT2D eigenvalue weighted by molar-refractivity contribution is 6.28. The molecule has 0 aliphatic carbocycles. The highest BCUT2D eigenvalue weighted by atomic mass is 35.5. The minimum atomic E-state index is 0.159. The lowest BCUT2D eigenvalue weighted by atomic mass is 9.98. The van der Waals surface area contributed by atoms with E-state index in [1.807, 2.05) is 48.5 Å². The van der Waals surface area contributed by atoms with Crippen molar-refractivity contribution >= 4 is 55.1 Å². The molecule has 0 fully saturated rings. The molecule has 6 aromatic carbocycles. The molecule has 0 unspecified atom stereocenters. The summed E-state index contributed by atoms with van der Waals surface area (Å²) in [6.45, 7) is 0. The topological polar surface area (TPSA) is 51.8 Å². The Morgan fingerprint density at radius 3 is 2.00 bits per heavy atom. The van der Waals surface area contributed by atoms with Crippen molar-refractivity contribution in [3.05, 3.63) is 127 Å². The molecule has 0 N–H and O–H groups in total. The molecule has 188 valence electrons. The number of fused-ring (bicyclic) bond motifs is 6. The summed E-state index contributed by atoms with van der Waals surface area (Å²) < 4.78 is 6.12. The van der Waals surface area contributed by atoms with Crippen LogP contribution in [0.15, 0.2) is 126 Å². The Hall–Kier alpha value is -5.06. The first-order chi connectivity index (χ1) is 19.7. The Labute approximate surface area is 234 Å². The minimum absolute atomic E-state index is 0.159. The summed E-state index contributed by atoms with van der Waals surface area (Å²) in [5.74, 6) is 1.07. The van der Waals surface area contributed by atoms with Crippen LogP contribution in [-0.2, 0) is 0 Å². The summed E-state index contributed by atoms with van der Waals surface area (Å²) in [5.41, 5.74) is 5.62. The average molecular weight is 534 g/mol. The summed E-state index contributed by atoms with van der Waals surface area (Å²) >= 11 is 6.47. The van der Waals surface area contributed by atoms with Gasteiger partial charge in [0.2, 0.25) is 5.28 Å². The largest absolute Gasteiger partial charge is 0.456 e. The zero-order valence-corrected chi connectivity index (χ0v) is 21.9. The van der Waals surface area contributed by atoms with Crippen LogP contribution in [0.2, 0.25) is 5.28 Å². The summed E-state index contributed by atoms with van der Waals surface area (Å²) in [6, 6.07) is 41.4. The Balaban J connectivity index is 1.26. The van der Waals surface area contributed by atoms with E-state index in [0.717, 1.165) is 55.0 Å². The van der Waals surface area contributed by atoms with E-state index < -0.39 is 0 Å². The fourth-order valence-electron chi connectivity index (χ4n) is 5.59. The minimum Gasteiger partial charge on any atom is -0.456 e. The molecule has 0 radical (unpaired) electrons. The lowest BCUT2D eigenvalue weighted by Gasteiger charge is -2.09. The molecule has 2 heterocycles. The molecule has 0 bridgehead atoms. The molecule has 0 spiro atoms. The van der Waals surface area contributed by atoms with E-state index in [1.54, 1.807) is 0 Å². The maximum Gasteiger partial charge on any atom is 0.226 e. The van der Waals surface area contributed by atoms with Crippen LogP contribution in [-0.4, -0.2) is 15.0 Å². The summed E-state index contributed by atoms with van der Waals surface area (Å²) in [6.07, 6.45) is 0. The van der Waals surface area contributed by atoms with Crippen molar-refractivity contribution < 1.29 is 4.42 Å². The number of rotatable bonds is 3. The molecular weight excluding hydrogens is 514 g/mol. The van der Waals surface area contributed by atoms with Crippen molar-refractivity contribution in [3.63, 3.8) is 0 Å². The zero-order chi connectivity index (χ0) is 26.6. The van der Waals surface area contributed by atoms with Crippen LogP contribution in [0.1, 0.15) is 0 Å². The van der Waals surface area contributed by atoms with Crippen LogP contribution in [0.25, 0.3) is 77.4 Å². The van der Waals surface area contributed by atoms with Crippen LogP contribution in [0.5, 0.6) is 0 Å². The van der Waals surface area contributed by atoms with Gasteiger partial charge < -0.3 is 4.42 Å². The van der Waals surface area contributed by atoms with E-state index in [1.165, 1.54) is 10.8 Å². The molecule has 40 heavy (non-hydrogen) atoms. The number of nitrogens with zero attached hydrogens (tertiary/aromatic N) is 3. The molecule has 0 aliphatic rings. The fourth-order valence-corrected chi connectivity index (χ4v) is 5.75. The van der Waals surface area contributed by atoms with E-state index in [2.05, 4.69) is 82.8 Å². The van der Waals surface area contributed by atoms with Gasteiger partial charge in [0.15, 0.2) is 11.6 Å². The molecule has 0 saturated heterocycles. The number of hydrogen-bond donors (Lipinski definition) is 0. The maximum atomic E-state index is 6.47. The molecule has 4 nitrogen and oxygen atoms in total. The normalized spacial score (nSPS) is 11.6. The van der Waals surface area contributed by atoms with Crippen LogP contribution >= 0.6 is 11.6 Å². The van der Waals surface area contributed by atoms with Crippen LogP contribution in [0, 0.1) is 0 Å². The molecule has 0 atom stereocenters. The molecular formula is C35H20ClN3O. The predicted molar refractivity (Wildman–Crippen MR) is 163 cm³/mol. The fraction of sp³-hybridized carbons (Fsp3) is 0. The first-order valence-corrected chi connectivity index (χ1v) is 13.4. The zero-order valence-electron chi connectivity index (χ0n) is 21.2. The van der Waals surface area contributed by atoms with Gasteiger partial charge in [-0.15, -0.1) is 0 Å². The second-order valence-electron chi connectivity index (χ2n) is 9.83. The van der Waals surface area contributed by atoms with Crippen molar-refractivity contribution in [2.75, 3.05) is 0 Å². The van der Waals surface area contributed by atoms with E-state index in [4.69, 9.17) is 21.0 Å². The van der Waals surface area contributed by atoms with Crippen molar-refractivity contribution in [2.45, 2.75) is 0 Å². The smallest absolute Gasteiger partial charge is 0.226 e. The van der Waals surface area contributed by atoms with Gasteiger partial charge >= 0.3 is 0 Å². The van der Waals surface area contributed by atoms with Gasteiger partial charge in [-0.1, -0.05) is 97.1 Å². The monoisotopic (exact) mass is 533 g/mol. The second-order valence-corrected chi connectivity index (χ2v) is 10.2. The quantitative estimate of drug-likeness (QED) is 0.212. The van der Waals surface area contributed by atoms with E-state index in [-0.39, 0.29) is 5.28 Å². The third kappa shape index (κ3) is 3.73. The Morgan fingerprint density at radius 1 is 0.475 bits per heavy atom. The van der Waals surface area contributed by atoms with Crippen molar-refractivity contribution in [1.82, 2.24) is 15.0 Å². The average Bonchev–Trinajstić information content (AvgIpc) is 3.39. The van der Waals surface area contributed by atoms with Gasteiger partial charge in [0.05, 0.1) is 0 Å². The molecule has 5 heteroatoms. The number of aromatic nitrogens is 3. The lowest BCUT2D eigenvalue weighted by Crippen LogP contribution is -1.97. The lowest BCUT2D eigenvalue weighted by molar-refractivity contribution is 0.669.